The van der Waals surface area contributed by atoms with Gasteiger partial charge in [-0.05, 0) is 67.6 Å². The second-order valence-electron chi connectivity index (χ2n) is 7.51. The first-order valence-corrected chi connectivity index (χ1v) is 7.51. The van der Waals surface area contributed by atoms with E-state index in [1.807, 2.05) is 0 Å². The minimum Gasteiger partial charge on any atom is -0.328 e. The van der Waals surface area contributed by atoms with Crippen molar-refractivity contribution < 1.29 is 0 Å². The molecular formula is C15H28N2. The van der Waals surface area contributed by atoms with E-state index in [4.69, 9.17) is 11.5 Å². The van der Waals surface area contributed by atoms with Crippen LogP contribution in [-0.4, -0.2) is 12.1 Å². The first-order valence-electron chi connectivity index (χ1n) is 7.51. The molecule has 3 saturated carbocycles. The maximum Gasteiger partial charge on any atom is 0.00417 e. The van der Waals surface area contributed by atoms with Gasteiger partial charge in [-0.3, -0.25) is 0 Å². The molecule has 0 bridgehead atoms. The molecule has 0 heterocycles. The third-order valence-corrected chi connectivity index (χ3v) is 6.34. The van der Waals surface area contributed by atoms with Gasteiger partial charge < -0.3 is 11.5 Å². The van der Waals surface area contributed by atoms with Crippen LogP contribution in [0.3, 0.4) is 0 Å². The zero-order valence-electron chi connectivity index (χ0n) is 11.4. The molecule has 2 heteroatoms. The Kier molecular flexibility index (Phi) is 2.79. The Morgan fingerprint density at radius 1 is 0.765 bits per heavy atom. The van der Waals surface area contributed by atoms with Gasteiger partial charge in [0.2, 0.25) is 0 Å². The molecule has 3 fully saturated rings. The summed E-state index contributed by atoms with van der Waals surface area (Å²) in [6.45, 7) is 5.03. The zero-order valence-corrected chi connectivity index (χ0v) is 11.4. The lowest BCUT2D eigenvalue weighted by Crippen LogP contribution is -2.37. The Labute approximate surface area is 106 Å². The van der Waals surface area contributed by atoms with E-state index in [1.165, 1.54) is 38.5 Å². The molecule has 17 heavy (non-hydrogen) atoms. The summed E-state index contributed by atoms with van der Waals surface area (Å²) in [6, 6.07) is 0.924. The van der Waals surface area contributed by atoms with Crippen molar-refractivity contribution in [1.29, 1.82) is 0 Å². The average molecular weight is 236 g/mol. The molecule has 0 aromatic carbocycles. The van der Waals surface area contributed by atoms with Gasteiger partial charge in [-0.25, -0.2) is 0 Å². The van der Waals surface area contributed by atoms with E-state index in [-0.39, 0.29) is 0 Å². The summed E-state index contributed by atoms with van der Waals surface area (Å²) in [4.78, 5) is 0. The van der Waals surface area contributed by atoms with Crippen LogP contribution in [0.15, 0.2) is 0 Å². The highest BCUT2D eigenvalue weighted by atomic mass is 14.7. The van der Waals surface area contributed by atoms with Gasteiger partial charge >= 0.3 is 0 Å². The smallest absolute Gasteiger partial charge is 0.00417 e. The quantitative estimate of drug-likeness (QED) is 0.679. The lowest BCUT2D eigenvalue weighted by Gasteiger charge is -2.38. The summed E-state index contributed by atoms with van der Waals surface area (Å²) < 4.78 is 0. The van der Waals surface area contributed by atoms with Crippen molar-refractivity contribution in [2.24, 2.45) is 40.6 Å². The molecule has 0 aliphatic heterocycles. The second kappa shape index (κ2) is 3.96. The summed E-state index contributed by atoms with van der Waals surface area (Å²) in [5.74, 6) is 3.60. The van der Waals surface area contributed by atoms with Crippen LogP contribution in [0.1, 0.15) is 52.4 Å². The fourth-order valence-electron chi connectivity index (χ4n) is 5.55. The zero-order chi connectivity index (χ0) is 12.2. The van der Waals surface area contributed by atoms with Crippen molar-refractivity contribution >= 4 is 0 Å². The Bertz CT molecular complexity index is 271. The number of hydrogen-bond donors (Lipinski definition) is 2. The second-order valence-corrected chi connectivity index (χ2v) is 7.51. The molecule has 98 valence electrons. The molecule has 3 rings (SSSR count). The van der Waals surface area contributed by atoms with Crippen molar-refractivity contribution in [3.63, 3.8) is 0 Å². The maximum atomic E-state index is 6.20. The van der Waals surface area contributed by atoms with Crippen LogP contribution >= 0.6 is 0 Å². The third kappa shape index (κ3) is 1.76. The molecule has 0 aromatic rings. The van der Waals surface area contributed by atoms with Gasteiger partial charge in [0, 0.05) is 12.1 Å². The first kappa shape index (κ1) is 12.0. The molecule has 3 aliphatic rings. The van der Waals surface area contributed by atoms with Gasteiger partial charge in [0.15, 0.2) is 0 Å². The molecule has 6 atom stereocenters. The highest BCUT2D eigenvalue weighted by Crippen LogP contribution is 2.62. The van der Waals surface area contributed by atoms with Crippen molar-refractivity contribution in [1.82, 2.24) is 0 Å². The maximum absolute atomic E-state index is 6.20. The lowest BCUT2D eigenvalue weighted by atomic mass is 9.67. The normalized spacial score (nSPS) is 52.9. The minimum atomic E-state index is 0.462. The summed E-state index contributed by atoms with van der Waals surface area (Å²) in [5, 5.41) is 0. The molecule has 0 aromatic heterocycles. The number of nitrogens with two attached hydrogens (primary N) is 2. The molecule has 0 radical (unpaired) electrons. The summed E-state index contributed by atoms with van der Waals surface area (Å²) in [5.41, 5.74) is 12.9. The van der Waals surface area contributed by atoms with Crippen LogP contribution in [-0.2, 0) is 0 Å². The van der Waals surface area contributed by atoms with Gasteiger partial charge in [0.1, 0.15) is 0 Å². The number of hydrogen-bond acceptors (Lipinski definition) is 2. The van der Waals surface area contributed by atoms with Crippen molar-refractivity contribution in [2.75, 3.05) is 0 Å². The average Bonchev–Trinajstić information content (AvgIpc) is 2.47. The predicted octanol–water partition coefficient (Wildman–Crippen LogP) is 2.51. The molecule has 2 nitrogen and oxygen atoms in total. The molecule has 0 amide bonds. The highest BCUT2D eigenvalue weighted by molar-refractivity contribution is 5.06. The van der Waals surface area contributed by atoms with Crippen LogP contribution in [0.25, 0.3) is 0 Å². The monoisotopic (exact) mass is 236 g/mol. The fourth-order valence-corrected chi connectivity index (χ4v) is 5.55. The Hall–Kier alpha value is -0.0800. The van der Waals surface area contributed by atoms with E-state index in [1.54, 1.807) is 0 Å². The van der Waals surface area contributed by atoms with E-state index in [0.717, 1.165) is 23.7 Å². The molecule has 0 spiro atoms. The Balaban J connectivity index is 1.88. The highest BCUT2D eigenvalue weighted by Gasteiger charge is 2.56. The fraction of sp³-hybridized carbons (Fsp3) is 1.00. The predicted molar refractivity (Wildman–Crippen MR) is 71.4 cm³/mol. The van der Waals surface area contributed by atoms with Crippen LogP contribution in [0.4, 0.5) is 0 Å². The molecule has 3 aliphatic carbocycles. The standard InChI is InChI=1S/C15H28N2/c1-15(2)13-5-3-9(16)7-11(13)12-8-10(17)4-6-14(12)15/h9-14H,3-8,16-17H2,1-2H3. The van der Waals surface area contributed by atoms with Gasteiger partial charge in [0.25, 0.3) is 0 Å². The van der Waals surface area contributed by atoms with Crippen molar-refractivity contribution in [3.05, 3.63) is 0 Å². The molecular weight excluding hydrogens is 208 g/mol. The van der Waals surface area contributed by atoms with Gasteiger partial charge in [-0.1, -0.05) is 13.8 Å². The number of fused-ring (bicyclic) bond motifs is 3. The molecule has 4 N–H and O–H groups in total. The largest absolute Gasteiger partial charge is 0.328 e. The Morgan fingerprint density at radius 2 is 1.18 bits per heavy atom. The summed E-state index contributed by atoms with van der Waals surface area (Å²) in [7, 11) is 0. The topological polar surface area (TPSA) is 52.0 Å². The SMILES string of the molecule is CC1(C)C2CCC(N)CC2C2CC(N)CCC21. The third-order valence-electron chi connectivity index (χ3n) is 6.34. The number of rotatable bonds is 0. The van der Waals surface area contributed by atoms with E-state index in [0.29, 0.717) is 17.5 Å². The first-order chi connectivity index (χ1) is 8.00. The Morgan fingerprint density at radius 3 is 1.59 bits per heavy atom. The minimum absolute atomic E-state index is 0.462. The van der Waals surface area contributed by atoms with Gasteiger partial charge in [-0.2, -0.15) is 0 Å². The van der Waals surface area contributed by atoms with Crippen molar-refractivity contribution in [3.8, 4) is 0 Å². The van der Waals surface area contributed by atoms with Gasteiger partial charge in [-0.15, -0.1) is 0 Å². The van der Waals surface area contributed by atoms with E-state index in [2.05, 4.69) is 13.8 Å². The molecule has 6 unspecified atom stereocenters. The van der Waals surface area contributed by atoms with E-state index < -0.39 is 0 Å². The molecule has 0 saturated heterocycles. The van der Waals surface area contributed by atoms with Crippen LogP contribution < -0.4 is 11.5 Å². The van der Waals surface area contributed by atoms with E-state index >= 15 is 0 Å². The van der Waals surface area contributed by atoms with Crippen molar-refractivity contribution in [2.45, 2.75) is 64.5 Å². The van der Waals surface area contributed by atoms with Crippen LogP contribution in [0.5, 0.6) is 0 Å². The lowest BCUT2D eigenvalue weighted by molar-refractivity contribution is 0.118. The van der Waals surface area contributed by atoms with Gasteiger partial charge in [0.05, 0.1) is 0 Å². The summed E-state index contributed by atoms with van der Waals surface area (Å²) in [6.07, 6.45) is 7.75. The summed E-state index contributed by atoms with van der Waals surface area (Å²) >= 11 is 0. The van der Waals surface area contributed by atoms with Crippen LogP contribution in [0, 0.1) is 29.1 Å². The van der Waals surface area contributed by atoms with E-state index in [9.17, 15) is 0 Å². The van der Waals surface area contributed by atoms with Crippen LogP contribution in [0.2, 0.25) is 0 Å².